The molecule has 5 nitrogen and oxygen atoms in total. The molecule has 1 saturated heterocycles. The van der Waals surface area contributed by atoms with Crippen molar-refractivity contribution in [1.82, 2.24) is 15.1 Å². The molecule has 4 aromatic rings. The normalized spacial score (nSPS) is 14.0. The fourth-order valence-corrected chi connectivity index (χ4v) is 4.19. The maximum absolute atomic E-state index is 13.8. The minimum absolute atomic E-state index is 0.0489. The average Bonchev–Trinajstić information content (AvgIpc) is 2.85. The Hall–Kier alpha value is -3.80. The molecule has 0 N–H and O–H groups in total. The summed E-state index contributed by atoms with van der Waals surface area (Å²) in [5.74, 6) is 0.420. The van der Waals surface area contributed by atoms with E-state index in [-0.39, 0.29) is 18.1 Å². The second kappa shape index (κ2) is 8.75. The molecule has 0 radical (unpaired) electrons. The molecule has 0 bridgehead atoms. The molecule has 1 fully saturated rings. The zero-order chi connectivity index (χ0) is 21.9. The first-order valence-corrected chi connectivity index (χ1v) is 10.8. The number of fused-ring (bicyclic) bond motifs is 1. The second-order valence-corrected chi connectivity index (χ2v) is 7.94. The lowest BCUT2D eigenvalue weighted by Crippen LogP contribution is -2.49. The van der Waals surface area contributed by atoms with Crippen LogP contribution in [0.25, 0.3) is 22.0 Å². The summed E-state index contributed by atoms with van der Waals surface area (Å²) in [4.78, 5) is 16.5. The number of aromatic nitrogens is 2. The predicted octanol–water partition coefficient (Wildman–Crippen LogP) is 4.33. The van der Waals surface area contributed by atoms with Gasteiger partial charge >= 0.3 is 0 Å². The van der Waals surface area contributed by atoms with E-state index in [0.29, 0.717) is 31.7 Å². The van der Waals surface area contributed by atoms with E-state index in [2.05, 4.69) is 39.4 Å². The average molecular weight is 426 g/mol. The summed E-state index contributed by atoms with van der Waals surface area (Å²) in [5, 5.41) is 11.3. The number of hydrogen-bond acceptors (Lipinski definition) is 4. The summed E-state index contributed by atoms with van der Waals surface area (Å²) >= 11 is 0. The van der Waals surface area contributed by atoms with E-state index >= 15 is 0 Å². The van der Waals surface area contributed by atoms with E-state index in [1.165, 1.54) is 11.5 Å². The van der Waals surface area contributed by atoms with Crippen LogP contribution in [0.2, 0.25) is 0 Å². The van der Waals surface area contributed by atoms with Crippen LogP contribution < -0.4 is 4.90 Å². The Morgan fingerprint density at radius 1 is 0.812 bits per heavy atom. The number of halogens is 1. The van der Waals surface area contributed by atoms with Gasteiger partial charge < -0.3 is 9.80 Å². The standard InChI is InChI=1S/C26H23FN4O/c27-23-11-4-2-7-20(23)18-26(32)31-16-14-30(15-17-31)25-13-12-24(28-29-25)22-10-5-8-19-6-1-3-9-21(19)22/h1-13H,14-18H2. The number of anilines is 1. The molecule has 1 aliphatic rings. The van der Waals surface area contributed by atoms with Crippen molar-refractivity contribution in [1.29, 1.82) is 0 Å². The third-order valence-electron chi connectivity index (χ3n) is 5.97. The maximum atomic E-state index is 13.8. The second-order valence-electron chi connectivity index (χ2n) is 7.94. The molecule has 1 aliphatic heterocycles. The van der Waals surface area contributed by atoms with Crippen LogP contribution >= 0.6 is 0 Å². The molecule has 32 heavy (non-hydrogen) atoms. The van der Waals surface area contributed by atoms with Gasteiger partial charge in [-0.05, 0) is 34.5 Å². The van der Waals surface area contributed by atoms with Crippen molar-refractivity contribution >= 4 is 22.5 Å². The smallest absolute Gasteiger partial charge is 0.227 e. The van der Waals surface area contributed by atoms with Crippen LogP contribution in [-0.2, 0) is 11.2 Å². The molecule has 0 atom stereocenters. The van der Waals surface area contributed by atoms with Crippen molar-refractivity contribution in [3.05, 3.63) is 90.2 Å². The first-order valence-electron chi connectivity index (χ1n) is 10.8. The monoisotopic (exact) mass is 426 g/mol. The van der Waals surface area contributed by atoms with Gasteiger partial charge in [-0.1, -0.05) is 60.7 Å². The van der Waals surface area contributed by atoms with Crippen LogP contribution in [-0.4, -0.2) is 47.2 Å². The van der Waals surface area contributed by atoms with Gasteiger partial charge in [0.05, 0.1) is 12.1 Å². The predicted molar refractivity (Wildman–Crippen MR) is 124 cm³/mol. The molecule has 0 spiro atoms. The highest BCUT2D eigenvalue weighted by molar-refractivity contribution is 5.95. The fourth-order valence-electron chi connectivity index (χ4n) is 4.19. The van der Waals surface area contributed by atoms with Gasteiger partial charge in [0.1, 0.15) is 5.82 Å². The van der Waals surface area contributed by atoms with Crippen LogP contribution in [0.5, 0.6) is 0 Å². The Balaban J connectivity index is 1.24. The molecule has 6 heteroatoms. The van der Waals surface area contributed by atoms with Crippen LogP contribution in [0.3, 0.4) is 0 Å². The third-order valence-corrected chi connectivity index (χ3v) is 5.97. The highest BCUT2D eigenvalue weighted by Crippen LogP contribution is 2.27. The zero-order valence-corrected chi connectivity index (χ0v) is 17.6. The summed E-state index contributed by atoms with van der Waals surface area (Å²) in [5.41, 5.74) is 2.34. The lowest BCUT2D eigenvalue weighted by Gasteiger charge is -2.35. The van der Waals surface area contributed by atoms with Crippen molar-refractivity contribution in [2.75, 3.05) is 31.1 Å². The minimum Gasteiger partial charge on any atom is -0.352 e. The van der Waals surface area contributed by atoms with Gasteiger partial charge in [-0.15, -0.1) is 10.2 Å². The lowest BCUT2D eigenvalue weighted by atomic mass is 10.0. The summed E-state index contributed by atoms with van der Waals surface area (Å²) in [6.07, 6.45) is 0.0895. The number of benzene rings is 3. The van der Waals surface area contributed by atoms with Gasteiger partial charge in [0.25, 0.3) is 0 Å². The summed E-state index contributed by atoms with van der Waals surface area (Å²) in [6, 6.07) is 24.9. The Morgan fingerprint density at radius 3 is 2.34 bits per heavy atom. The van der Waals surface area contributed by atoms with Gasteiger partial charge in [-0.3, -0.25) is 4.79 Å². The molecule has 160 valence electrons. The van der Waals surface area contributed by atoms with Gasteiger partial charge in [0, 0.05) is 31.7 Å². The number of amides is 1. The molecule has 3 aromatic carbocycles. The van der Waals surface area contributed by atoms with Gasteiger partial charge in [0.15, 0.2) is 5.82 Å². The number of piperazine rings is 1. The highest BCUT2D eigenvalue weighted by Gasteiger charge is 2.23. The van der Waals surface area contributed by atoms with Crippen molar-refractivity contribution in [2.45, 2.75) is 6.42 Å². The Labute approximate surface area is 186 Å². The zero-order valence-electron chi connectivity index (χ0n) is 17.6. The van der Waals surface area contributed by atoms with Crippen LogP contribution in [0.15, 0.2) is 78.9 Å². The molecular weight excluding hydrogens is 403 g/mol. The molecular formula is C26H23FN4O. The number of carbonyl (C=O) groups excluding carboxylic acids is 1. The molecule has 1 aromatic heterocycles. The quantitative estimate of drug-likeness (QED) is 0.488. The Morgan fingerprint density at radius 2 is 1.56 bits per heavy atom. The fraction of sp³-hybridized carbons (Fsp3) is 0.192. The molecule has 0 aliphatic carbocycles. The van der Waals surface area contributed by atoms with Crippen molar-refractivity contribution in [3.63, 3.8) is 0 Å². The van der Waals surface area contributed by atoms with Crippen LogP contribution in [0, 0.1) is 5.82 Å². The topological polar surface area (TPSA) is 49.3 Å². The molecule has 2 heterocycles. The summed E-state index contributed by atoms with van der Waals surface area (Å²) in [7, 11) is 0. The summed E-state index contributed by atoms with van der Waals surface area (Å²) < 4.78 is 13.8. The first-order chi connectivity index (χ1) is 15.7. The summed E-state index contributed by atoms with van der Waals surface area (Å²) in [6.45, 7) is 2.51. The molecule has 1 amide bonds. The lowest BCUT2D eigenvalue weighted by molar-refractivity contribution is -0.130. The molecule has 0 saturated carbocycles. The first kappa shape index (κ1) is 20.1. The van der Waals surface area contributed by atoms with E-state index < -0.39 is 0 Å². The maximum Gasteiger partial charge on any atom is 0.227 e. The number of carbonyl (C=O) groups is 1. The van der Waals surface area contributed by atoms with Crippen LogP contribution in [0.1, 0.15) is 5.56 Å². The van der Waals surface area contributed by atoms with Crippen molar-refractivity contribution in [2.24, 2.45) is 0 Å². The van der Waals surface area contributed by atoms with E-state index in [1.807, 2.05) is 30.3 Å². The number of hydrogen-bond donors (Lipinski definition) is 0. The van der Waals surface area contributed by atoms with Gasteiger partial charge in [-0.2, -0.15) is 0 Å². The number of nitrogens with zero attached hydrogens (tertiary/aromatic N) is 4. The van der Waals surface area contributed by atoms with E-state index in [9.17, 15) is 9.18 Å². The Kier molecular flexibility index (Phi) is 5.50. The highest BCUT2D eigenvalue weighted by atomic mass is 19.1. The van der Waals surface area contributed by atoms with E-state index in [4.69, 9.17) is 0 Å². The molecule has 5 rings (SSSR count). The van der Waals surface area contributed by atoms with Gasteiger partial charge in [-0.25, -0.2) is 4.39 Å². The van der Waals surface area contributed by atoms with Gasteiger partial charge in [0.2, 0.25) is 5.91 Å². The van der Waals surface area contributed by atoms with E-state index in [1.54, 1.807) is 23.1 Å². The van der Waals surface area contributed by atoms with Crippen LogP contribution in [0.4, 0.5) is 10.2 Å². The SMILES string of the molecule is O=C(Cc1ccccc1F)N1CCN(c2ccc(-c3cccc4ccccc34)nn2)CC1. The van der Waals surface area contributed by atoms with Crippen molar-refractivity contribution in [3.8, 4) is 11.3 Å². The molecule has 0 unspecified atom stereocenters. The largest absolute Gasteiger partial charge is 0.352 e. The van der Waals surface area contributed by atoms with Crippen molar-refractivity contribution < 1.29 is 9.18 Å². The third kappa shape index (κ3) is 4.04. The Bertz CT molecular complexity index is 1240. The number of rotatable bonds is 4. The van der Waals surface area contributed by atoms with E-state index in [0.717, 1.165) is 22.5 Å². The minimum atomic E-state index is -0.332.